The number of hydrogen-bond acceptors (Lipinski definition) is 32. The Hall–Kier alpha value is -8.13. The number of nitrogen functional groups attached to an aromatic ring is 1. The van der Waals surface area contributed by atoms with Crippen LogP contribution in [0.3, 0.4) is 0 Å². The number of carbonyl (C=O) groups is 9. The van der Waals surface area contributed by atoms with Crippen LogP contribution in [0.1, 0.15) is 88.8 Å². The summed E-state index contributed by atoms with van der Waals surface area (Å²) in [5, 5.41) is 111. The molecule has 10 unspecified atom stereocenters. The van der Waals surface area contributed by atoms with Crippen molar-refractivity contribution in [3.63, 3.8) is 0 Å². The van der Waals surface area contributed by atoms with Crippen LogP contribution in [-0.4, -0.2) is 273 Å². The molecule has 9 amide bonds. The molecule has 6 heterocycles. The Labute approximate surface area is 626 Å². The molecule has 26 N–H and O–H groups in total. The standard InChI is InChI=1S/C62H88N18O22S3.BrH/c1-25-40(77-53(80-51(25)65)31(16-37(64)84)71-17-30(63)52(66)91)57(95)79-42(48(32-18-68-24-72-32)100-61-50(46(89)44(87)35(19-81)99-61)101-60-47(90)49(102-62(67)97)45(88)36(20-82)98-60)58(96)73-27(3)43(86)26(2)54(92)78-41(28(4)83)56(94)70-14-12-39-75-34(22-103-39)59-76-33(21-104-59)55(93)69-13-9-15-105(5)23-38(85)74-29-10-7-6-8-11-29;/h6-8,10-11,18,21-22,24,26-28,30-31,35-36,41-50,60-61,71,81-83,86-90H,9,12-17,19-20,23,63H2,1-5H3,(H14-,64,65,66,67,68,69,70,72,73,74,77,78,79,80,84,85,91,92,93,94,95,96,97);1H/t26?,27?,28?,30?,31?,35-,36+,41?,42?,43?,44+,45+,46+,47-,48?,49+,50-,60+,61-,105?;/m0./s1. The number of thiazole rings is 2. The highest BCUT2D eigenvalue weighted by atomic mass is 79.9. The number of amides is 9. The van der Waals surface area contributed by atoms with Gasteiger partial charge in [0.2, 0.25) is 29.5 Å². The van der Waals surface area contributed by atoms with Crippen LogP contribution in [0.5, 0.6) is 0 Å². The Balaban J connectivity index is 0.0000176. The molecule has 0 saturated carbocycles. The Morgan fingerprint density at radius 3 is 2.10 bits per heavy atom. The maximum Gasteiger partial charge on any atom is 0.404 e. The molecule has 0 aliphatic carbocycles. The lowest BCUT2D eigenvalue weighted by molar-refractivity contribution is -0.372. The molecule has 7 rings (SSSR count). The number of aliphatic hydroxyl groups is 8. The number of ether oxygens (including phenoxy) is 5. The second-order valence-electron chi connectivity index (χ2n) is 24.7. The highest BCUT2D eigenvalue weighted by Crippen LogP contribution is 2.35. The molecule has 0 spiro atoms. The summed E-state index contributed by atoms with van der Waals surface area (Å²) < 4.78 is 28.8. The molecular formula is C62H89BrN18O22S3. The topological polar surface area (TPSA) is 656 Å². The van der Waals surface area contributed by atoms with Gasteiger partial charge < -0.3 is 152 Å². The molecule has 1 aromatic carbocycles. The van der Waals surface area contributed by atoms with E-state index in [1.54, 1.807) is 10.8 Å². The van der Waals surface area contributed by atoms with Gasteiger partial charge in [0.1, 0.15) is 100 Å². The van der Waals surface area contributed by atoms with Crippen LogP contribution in [0.15, 0.2) is 53.6 Å². The molecule has 2 aliphatic rings. The Morgan fingerprint density at radius 2 is 1.46 bits per heavy atom. The third-order valence-corrected chi connectivity index (χ3v) is 20.2. The molecular weight excluding hydrogens is 1520 g/mol. The lowest BCUT2D eigenvalue weighted by atomic mass is 9.96. The zero-order valence-electron chi connectivity index (χ0n) is 57.8. The van der Waals surface area contributed by atoms with Gasteiger partial charge in [-0.1, -0.05) is 25.1 Å². The van der Waals surface area contributed by atoms with Crippen LogP contribution < -0.4 is 82.9 Å². The molecule has 2 saturated heterocycles. The maximum atomic E-state index is 15.2. The van der Waals surface area contributed by atoms with Gasteiger partial charge >= 0.3 is 6.09 Å². The first-order valence-corrected chi connectivity index (χ1v) is 36.4. The van der Waals surface area contributed by atoms with Crippen LogP contribution >= 0.6 is 22.7 Å². The molecule has 2 fully saturated rings. The number of imidazole rings is 1. The highest BCUT2D eigenvalue weighted by Gasteiger charge is 2.54. The second-order valence-corrected chi connectivity index (χ2v) is 28.7. The minimum absolute atomic E-state index is 0. The van der Waals surface area contributed by atoms with Gasteiger partial charge in [0.15, 0.2) is 24.4 Å². The minimum Gasteiger partial charge on any atom is -1.00 e. The fourth-order valence-electron chi connectivity index (χ4n) is 10.8. The Kier molecular flexibility index (Phi) is 33.3. The van der Waals surface area contributed by atoms with E-state index in [4.69, 9.17) is 52.4 Å². The minimum atomic E-state index is -2.21. The van der Waals surface area contributed by atoms with Gasteiger partial charge in [0.25, 0.3) is 17.7 Å². The quantitative estimate of drug-likeness (QED) is 0.0129. The number of halogens is 1. The monoisotopic (exact) mass is 1610 g/mol. The molecule has 5 aromatic rings. The van der Waals surface area contributed by atoms with Crippen molar-refractivity contribution in [2.75, 3.05) is 61.7 Å². The molecule has 106 heavy (non-hydrogen) atoms. The smallest absolute Gasteiger partial charge is 0.404 e. The number of anilines is 2. The normalized spacial score (nSPS) is 22.9. The van der Waals surface area contributed by atoms with Gasteiger partial charge in [-0.25, -0.2) is 29.7 Å². The predicted molar refractivity (Wildman–Crippen MR) is 373 cm³/mol. The zero-order valence-corrected chi connectivity index (χ0v) is 61.8. The summed E-state index contributed by atoms with van der Waals surface area (Å²) in [6, 6.07) is 1.24. The van der Waals surface area contributed by atoms with E-state index in [-0.39, 0.29) is 87.8 Å². The summed E-state index contributed by atoms with van der Waals surface area (Å²) in [6.45, 7) is 2.96. The third-order valence-electron chi connectivity index (χ3n) is 16.7. The van der Waals surface area contributed by atoms with Crippen molar-refractivity contribution in [3.8, 4) is 10.7 Å². The van der Waals surface area contributed by atoms with Gasteiger partial charge in [-0.2, -0.15) is 0 Å². The van der Waals surface area contributed by atoms with Crippen LogP contribution in [0.2, 0.25) is 0 Å². The highest BCUT2D eigenvalue weighted by molar-refractivity contribution is 7.96. The Morgan fingerprint density at radius 1 is 0.774 bits per heavy atom. The van der Waals surface area contributed by atoms with Crippen molar-refractivity contribution in [3.05, 3.63) is 87.1 Å². The number of aromatic amines is 1. The number of benzene rings is 1. The molecule has 584 valence electrons. The molecule has 44 heteroatoms. The van der Waals surface area contributed by atoms with Crippen LogP contribution in [0.4, 0.5) is 16.3 Å². The van der Waals surface area contributed by atoms with E-state index >= 15 is 4.79 Å². The first kappa shape index (κ1) is 86.8. The number of nitrogens with zero attached hydrogens (tertiary/aromatic N) is 5. The maximum absolute atomic E-state index is 15.2. The van der Waals surface area contributed by atoms with Crippen LogP contribution in [-0.2, 0) is 69.8 Å². The fourth-order valence-corrected chi connectivity index (χ4v) is 13.7. The van der Waals surface area contributed by atoms with Crippen molar-refractivity contribution in [2.24, 2.45) is 28.9 Å². The van der Waals surface area contributed by atoms with Crippen molar-refractivity contribution in [2.45, 2.75) is 157 Å². The number of primary amides is 3. The number of hydrogen-bond donors (Lipinski definition) is 21. The summed E-state index contributed by atoms with van der Waals surface area (Å²) in [6.07, 6.45) is -22.6. The summed E-state index contributed by atoms with van der Waals surface area (Å²) in [5.74, 6) is -7.85. The van der Waals surface area contributed by atoms with Gasteiger partial charge in [-0.15, -0.1) is 22.7 Å². The summed E-state index contributed by atoms with van der Waals surface area (Å²) in [4.78, 5) is 144. The summed E-state index contributed by atoms with van der Waals surface area (Å²) in [5.41, 5.74) is 28.7. The van der Waals surface area contributed by atoms with Crippen molar-refractivity contribution < 1.29 is 125 Å². The van der Waals surface area contributed by atoms with Gasteiger partial charge in [0.05, 0.1) is 78.9 Å². The molecule has 0 radical (unpaired) electrons. The average Bonchev–Trinajstić information content (AvgIpc) is 1.17. The van der Waals surface area contributed by atoms with Gasteiger partial charge in [0, 0.05) is 60.9 Å². The number of para-hydroxylation sites is 1. The summed E-state index contributed by atoms with van der Waals surface area (Å²) in [7, 11) is -0.216. The number of aliphatic hydroxyl groups excluding tert-OH is 8. The van der Waals surface area contributed by atoms with Gasteiger partial charge in [-0.05, 0) is 43.8 Å². The zero-order chi connectivity index (χ0) is 77.1. The molecule has 2 aliphatic heterocycles. The Bertz CT molecular complexity index is 3760. The number of nitrogens with two attached hydrogens (primary N) is 5. The van der Waals surface area contributed by atoms with E-state index < -0.39 is 183 Å². The molecule has 20 atom stereocenters. The van der Waals surface area contributed by atoms with Crippen molar-refractivity contribution >= 4 is 98.4 Å². The lowest BCUT2D eigenvalue weighted by Gasteiger charge is -2.47. The number of H-pyrrole nitrogens is 1. The number of nitrogens with one attached hydrogen (secondary N) is 8. The van der Waals surface area contributed by atoms with E-state index in [1.165, 1.54) is 50.4 Å². The molecule has 40 nitrogen and oxygen atoms in total. The van der Waals surface area contributed by atoms with Crippen molar-refractivity contribution in [1.29, 1.82) is 0 Å². The molecule has 0 bridgehead atoms. The third kappa shape index (κ3) is 23.7. The van der Waals surface area contributed by atoms with E-state index in [2.05, 4.69) is 67.1 Å². The summed E-state index contributed by atoms with van der Waals surface area (Å²) >= 11 is 2.46. The average molecular weight is 1610 g/mol. The second kappa shape index (κ2) is 40.7. The number of carbonyl (C=O) groups excluding carboxylic acids is 9. The SMILES string of the molecule is Cc1c(N)nc(C(CC(N)=O)NCC(N)C(N)=O)nc1C(=O)NC(C(=O)NC(C)C(O)C(C)C(=O)NC(C(=O)NCCc1nc(-c2nc(C(=O)NCCC[S+](C)CC(=O)Nc3ccccc3)cs2)cs1)C(C)O)C(O[C@@H]1O[C@@H](CO)[C@@H](O)[C@@H](O)[C@@H]1O[C@H]1O[C@H](CO)[C@@H](O)[C@@H](OC(N)=O)[C@@H]1O)c1cnc[nH]1.[Br-]. The van der Waals surface area contributed by atoms with E-state index in [1.807, 2.05) is 36.6 Å². The largest absolute Gasteiger partial charge is 1.00 e. The van der Waals surface area contributed by atoms with Crippen molar-refractivity contribution in [1.82, 2.24) is 61.8 Å². The van der Waals surface area contributed by atoms with E-state index in [0.717, 1.165) is 24.0 Å². The first-order chi connectivity index (χ1) is 49.8. The van der Waals surface area contributed by atoms with E-state index in [9.17, 15) is 79.2 Å². The van der Waals surface area contributed by atoms with E-state index in [0.29, 0.717) is 34.4 Å². The van der Waals surface area contributed by atoms with Crippen LogP contribution in [0.25, 0.3) is 10.7 Å². The number of aromatic nitrogens is 6. The number of rotatable bonds is 38. The predicted octanol–water partition coefficient (Wildman–Crippen LogP) is -9.69. The molecule has 4 aromatic heterocycles. The lowest BCUT2D eigenvalue weighted by Crippen LogP contribution is -3.00. The van der Waals surface area contributed by atoms with Crippen LogP contribution in [0, 0.1) is 12.8 Å². The fraction of sp³-hybridized carbons (Fsp3) is 0.548. The first-order valence-electron chi connectivity index (χ1n) is 32.7. The van der Waals surface area contributed by atoms with Gasteiger partial charge in [-0.3, -0.25) is 38.4 Å².